The fourth-order valence-corrected chi connectivity index (χ4v) is 2.76. The molecule has 2 rings (SSSR count). The lowest BCUT2D eigenvalue weighted by molar-refractivity contribution is -0.136. The molecule has 0 bridgehead atoms. The van der Waals surface area contributed by atoms with Crippen LogP contribution in [0.3, 0.4) is 0 Å². The summed E-state index contributed by atoms with van der Waals surface area (Å²) < 4.78 is 0. The van der Waals surface area contributed by atoms with Gasteiger partial charge in [0, 0.05) is 25.7 Å². The van der Waals surface area contributed by atoms with Gasteiger partial charge in [0.25, 0.3) is 0 Å². The Morgan fingerprint density at radius 3 is 2.68 bits per heavy atom. The van der Waals surface area contributed by atoms with Crippen molar-refractivity contribution in [3.8, 4) is 0 Å². The van der Waals surface area contributed by atoms with E-state index < -0.39 is 5.54 Å². The van der Waals surface area contributed by atoms with Crippen molar-refractivity contribution in [1.82, 2.24) is 14.9 Å². The van der Waals surface area contributed by atoms with Crippen LogP contribution in [0.5, 0.6) is 0 Å². The number of likely N-dealkylation sites (N-methyl/N-ethyl adjacent to an activating group) is 1. The standard InChI is InChI=1S/C13H19ClN4O/c1-5-9-10(14)15-8-16-11(9)18-7-6-17(4)12(19)13(18,2)3/h8H,5-7H2,1-4H3. The molecule has 0 spiro atoms. The smallest absolute Gasteiger partial charge is 0.247 e. The van der Waals surface area contributed by atoms with Gasteiger partial charge in [-0.2, -0.15) is 0 Å². The fraction of sp³-hybridized carbons (Fsp3) is 0.615. The van der Waals surface area contributed by atoms with Crippen molar-refractivity contribution in [2.45, 2.75) is 32.7 Å². The van der Waals surface area contributed by atoms with Gasteiger partial charge in [-0.05, 0) is 20.3 Å². The molecule has 1 amide bonds. The van der Waals surface area contributed by atoms with Gasteiger partial charge in [0.05, 0.1) is 0 Å². The molecule has 0 N–H and O–H groups in total. The minimum absolute atomic E-state index is 0.0931. The van der Waals surface area contributed by atoms with Gasteiger partial charge in [0.1, 0.15) is 22.8 Å². The van der Waals surface area contributed by atoms with Gasteiger partial charge in [-0.3, -0.25) is 4.79 Å². The number of halogens is 1. The van der Waals surface area contributed by atoms with Gasteiger partial charge < -0.3 is 9.80 Å². The van der Waals surface area contributed by atoms with Crippen molar-refractivity contribution in [2.24, 2.45) is 0 Å². The molecule has 104 valence electrons. The van der Waals surface area contributed by atoms with Crippen molar-refractivity contribution in [2.75, 3.05) is 25.0 Å². The predicted molar refractivity (Wildman–Crippen MR) is 75.5 cm³/mol. The Bertz CT molecular complexity index is 503. The van der Waals surface area contributed by atoms with Crippen LogP contribution in [0.15, 0.2) is 6.33 Å². The molecule has 1 aromatic rings. The summed E-state index contributed by atoms with van der Waals surface area (Å²) in [6, 6.07) is 0. The lowest BCUT2D eigenvalue weighted by Gasteiger charge is -2.45. The summed E-state index contributed by atoms with van der Waals surface area (Å²) in [7, 11) is 1.83. The van der Waals surface area contributed by atoms with Crippen LogP contribution in [0.2, 0.25) is 5.15 Å². The third kappa shape index (κ3) is 2.27. The van der Waals surface area contributed by atoms with Crippen LogP contribution in [0.4, 0.5) is 5.82 Å². The summed E-state index contributed by atoms with van der Waals surface area (Å²) in [5.41, 5.74) is 0.281. The quantitative estimate of drug-likeness (QED) is 0.776. The maximum Gasteiger partial charge on any atom is 0.247 e. The summed E-state index contributed by atoms with van der Waals surface area (Å²) in [5, 5.41) is 0.467. The Labute approximate surface area is 118 Å². The van der Waals surface area contributed by atoms with Gasteiger partial charge in [-0.25, -0.2) is 9.97 Å². The van der Waals surface area contributed by atoms with E-state index in [0.717, 1.165) is 24.3 Å². The van der Waals surface area contributed by atoms with E-state index >= 15 is 0 Å². The largest absolute Gasteiger partial charge is 0.342 e. The topological polar surface area (TPSA) is 49.3 Å². The van der Waals surface area contributed by atoms with Gasteiger partial charge in [0.2, 0.25) is 5.91 Å². The molecule has 1 fully saturated rings. The van der Waals surface area contributed by atoms with E-state index in [2.05, 4.69) is 9.97 Å². The molecule has 1 saturated heterocycles. The molecular weight excluding hydrogens is 264 g/mol. The lowest BCUT2D eigenvalue weighted by Crippen LogP contribution is -2.62. The average molecular weight is 283 g/mol. The molecule has 0 aliphatic carbocycles. The molecule has 1 aromatic heterocycles. The predicted octanol–water partition coefficient (Wildman–Crippen LogP) is 1.75. The van der Waals surface area contributed by atoms with E-state index in [9.17, 15) is 4.79 Å². The number of anilines is 1. The van der Waals surface area contributed by atoms with Crippen molar-refractivity contribution >= 4 is 23.3 Å². The van der Waals surface area contributed by atoms with Crippen LogP contribution in [0, 0.1) is 0 Å². The van der Waals surface area contributed by atoms with Crippen LogP contribution in [-0.2, 0) is 11.2 Å². The zero-order valence-corrected chi connectivity index (χ0v) is 12.5. The molecule has 0 unspecified atom stereocenters. The summed E-state index contributed by atoms with van der Waals surface area (Å²) in [4.78, 5) is 24.5. The SMILES string of the molecule is CCc1c(Cl)ncnc1N1CCN(C)C(=O)C1(C)C. The van der Waals surface area contributed by atoms with E-state index in [-0.39, 0.29) is 5.91 Å². The van der Waals surface area contributed by atoms with Crippen molar-refractivity contribution < 1.29 is 4.79 Å². The average Bonchev–Trinajstić information content (AvgIpc) is 2.36. The Balaban J connectivity index is 2.47. The summed E-state index contributed by atoms with van der Waals surface area (Å²) in [6.07, 6.45) is 2.20. The van der Waals surface area contributed by atoms with Crippen LogP contribution < -0.4 is 4.90 Å². The van der Waals surface area contributed by atoms with E-state index in [4.69, 9.17) is 11.6 Å². The first-order valence-corrected chi connectivity index (χ1v) is 6.80. The number of nitrogens with zero attached hydrogens (tertiary/aromatic N) is 4. The third-order valence-electron chi connectivity index (χ3n) is 3.68. The van der Waals surface area contributed by atoms with Gasteiger partial charge in [0.15, 0.2) is 0 Å². The Kier molecular flexibility index (Phi) is 3.67. The van der Waals surface area contributed by atoms with Gasteiger partial charge in [-0.15, -0.1) is 0 Å². The molecule has 2 heterocycles. The molecule has 0 atom stereocenters. The van der Waals surface area contributed by atoms with E-state index in [1.54, 1.807) is 4.90 Å². The van der Waals surface area contributed by atoms with E-state index in [0.29, 0.717) is 11.7 Å². The summed E-state index contributed by atoms with van der Waals surface area (Å²) in [6.45, 7) is 7.28. The van der Waals surface area contributed by atoms with Crippen molar-refractivity contribution in [1.29, 1.82) is 0 Å². The number of piperazine rings is 1. The Morgan fingerprint density at radius 2 is 2.05 bits per heavy atom. The van der Waals surface area contributed by atoms with E-state index in [1.165, 1.54) is 6.33 Å². The number of hydrogen-bond acceptors (Lipinski definition) is 4. The molecule has 0 radical (unpaired) electrons. The molecule has 1 aliphatic heterocycles. The number of carbonyl (C=O) groups excluding carboxylic acids is 1. The molecule has 0 saturated carbocycles. The zero-order chi connectivity index (χ0) is 14.2. The zero-order valence-electron chi connectivity index (χ0n) is 11.8. The second-order valence-electron chi connectivity index (χ2n) is 5.26. The fourth-order valence-electron chi connectivity index (χ4n) is 2.50. The minimum Gasteiger partial charge on any atom is -0.342 e. The number of amides is 1. The minimum atomic E-state index is -0.616. The number of hydrogen-bond donors (Lipinski definition) is 0. The van der Waals surface area contributed by atoms with Crippen LogP contribution >= 0.6 is 11.6 Å². The highest BCUT2D eigenvalue weighted by Gasteiger charge is 2.42. The lowest BCUT2D eigenvalue weighted by atomic mass is 9.97. The maximum absolute atomic E-state index is 12.3. The maximum atomic E-state index is 12.3. The number of rotatable bonds is 2. The van der Waals surface area contributed by atoms with Crippen molar-refractivity contribution in [3.05, 3.63) is 17.0 Å². The summed E-state index contributed by atoms with van der Waals surface area (Å²) >= 11 is 6.13. The molecule has 0 aromatic carbocycles. The highest BCUT2D eigenvalue weighted by molar-refractivity contribution is 6.30. The van der Waals surface area contributed by atoms with Gasteiger partial charge >= 0.3 is 0 Å². The number of carbonyl (C=O) groups is 1. The molecule has 19 heavy (non-hydrogen) atoms. The first-order valence-electron chi connectivity index (χ1n) is 6.42. The van der Waals surface area contributed by atoms with Crippen LogP contribution in [0.1, 0.15) is 26.3 Å². The van der Waals surface area contributed by atoms with Gasteiger partial charge in [-0.1, -0.05) is 18.5 Å². The first-order chi connectivity index (χ1) is 8.89. The normalized spacial score (nSPS) is 18.9. The van der Waals surface area contributed by atoms with Crippen LogP contribution in [-0.4, -0.2) is 46.5 Å². The molecule has 5 nitrogen and oxygen atoms in total. The monoisotopic (exact) mass is 282 g/mol. The number of aromatic nitrogens is 2. The van der Waals surface area contributed by atoms with E-state index in [1.807, 2.05) is 32.7 Å². The molecule has 6 heteroatoms. The molecular formula is C13H19ClN4O. The Hall–Kier alpha value is -1.36. The second kappa shape index (κ2) is 4.96. The first kappa shape index (κ1) is 14.1. The third-order valence-corrected chi connectivity index (χ3v) is 4.01. The highest BCUT2D eigenvalue weighted by Crippen LogP contribution is 2.31. The highest BCUT2D eigenvalue weighted by atomic mass is 35.5. The Morgan fingerprint density at radius 1 is 1.37 bits per heavy atom. The second-order valence-corrected chi connectivity index (χ2v) is 5.62. The summed E-state index contributed by atoms with van der Waals surface area (Å²) in [5.74, 6) is 0.865. The van der Waals surface area contributed by atoms with Crippen LogP contribution in [0.25, 0.3) is 0 Å². The van der Waals surface area contributed by atoms with Crippen molar-refractivity contribution in [3.63, 3.8) is 0 Å². The molecule has 1 aliphatic rings.